The van der Waals surface area contributed by atoms with Crippen molar-refractivity contribution in [2.45, 2.75) is 26.8 Å². The summed E-state index contributed by atoms with van der Waals surface area (Å²) in [5.41, 5.74) is 5.62. The number of thiazole rings is 1. The molecule has 0 atom stereocenters. The zero-order chi connectivity index (χ0) is 21.1. The van der Waals surface area contributed by atoms with E-state index in [0.717, 1.165) is 23.0 Å². The van der Waals surface area contributed by atoms with E-state index in [0.29, 0.717) is 17.8 Å². The second-order valence-corrected chi connectivity index (χ2v) is 7.97. The van der Waals surface area contributed by atoms with Gasteiger partial charge in [-0.1, -0.05) is 18.2 Å². The van der Waals surface area contributed by atoms with Gasteiger partial charge in [-0.2, -0.15) is 0 Å². The molecule has 0 unspecified atom stereocenters. The summed E-state index contributed by atoms with van der Waals surface area (Å²) < 4.78 is 29.6. The van der Waals surface area contributed by atoms with E-state index in [1.54, 1.807) is 6.20 Å². The molecule has 30 heavy (non-hydrogen) atoms. The average Bonchev–Trinajstić information content (AvgIpc) is 3.14. The molecule has 6 heteroatoms. The topological polar surface area (TPSA) is 30.2 Å². The van der Waals surface area contributed by atoms with Gasteiger partial charge in [0.2, 0.25) is 0 Å². The van der Waals surface area contributed by atoms with E-state index in [2.05, 4.69) is 46.6 Å². The maximum Gasteiger partial charge on any atom is 0.190 e. The first kappa shape index (κ1) is 20.2. The molecular formula is C24H21F2N3S. The van der Waals surface area contributed by atoms with Crippen molar-refractivity contribution in [3.05, 3.63) is 99.4 Å². The summed E-state index contributed by atoms with van der Waals surface area (Å²) >= 11 is 1.44. The Balaban J connectivity index is 1.80. The molecule has 0 amide bonds. The van der Waals surface area contributed by atoms with Crippen LogP contribution in [0.4, 0.5) is 14.5 Å². The summed E-state index contributed by atoms with van der Waals surface area (Å²) in [4.78, 5) is 9.56. The molecule has 3 nitrogen and oxygen atoms in total. The Hall–Kier alpha value is -3.12. The number of hydrogen-bond donors (Lipinski definition) is 0. The van der Waals surface area contributed by atoms with E-state index in [1.807, 2.05) is 23.6 Å². The van der Waals surface area contributed by atoms with Gasteiger partial charge in [-0.05, 0) is 60.9 Å². The Bertz CT molecular complexity index is 1240. The Kier molecular flexibility index (Phi) is 5.86. The van der Waals surface area contributed by atoms with Crippen molar-refractivity contribution in [3.63, 3.8) is 0 Å². The van der Waals surface area contributed by atoms with E-state index < -0.39 is 11.6 Å². The van der Waals surface area contributed by atoms with E-state index in [4.69, 9.17) is 0 Å². The largest absolute Gasteiger partial charge is 0.316 e. The van der Waals surface area contributed by atoms with Crippen molar-refractivity contribution in [2.24, 2.45) is 4.99 Å². The lowest BCUT2D eigenvalue weighted by atomic mass is 10.0. The van der Waals surface area contributed by atoms with Crippen LogP contribution in [0.15, 0.2) is 71.2 Å². The maximum absolute atomic E-state index is 14.2. The zero-order valence-corrected chi connectivity index (χ0v) is 17.6. The van der Waals surface area contributed by atoms with Crippen LogP contribution in [0, 0.1) is 25.5 Å². The van der Waals surface area contributed by atoms with Gasteiger partial charge in [-0.3, -0.25) is 4.98 Å². The molecule has 0 fully saturated rings. The zero-order valence-electron chi connectivity index (χ0n) is 16.8. The number of rotatable bonds is 5. The van der Waals surface area contributed by atoms with Crippen LogP contribution in [0.2, 0.25) is 0 Å². The fourth-order valence-electron chi connectivity index (χ4n) is 3.21. The Morgan fingerprint density at radius 1 is 1.00 bits per heavy atom. The number of benzene rings is 2. The minimum Gasteiger partial charge on any atom is -0.316 e. The minimum atomic E-state index is -0.674. The van der Waals surface area contributed by atoms with Crippen molar-refractivity contribution < 1.29 is 8.78 Å². The minimum absolute atomic E-state index is 0.122. The Morgan fingerprint density at radius 3 is 2.60 bits per heavy atom. The first-order valence-electron chi connectivity index (χ1n) is 9.67. The molecule has 0 saturated heterocycles. The Morgan fingerprint density at radius 2 is 1.87 bits per heavy atom. The molecule has 0 bridgehead atoms. The lowest BCUT2D eigenvalue weighted by molar-refractivity contribution is 0.583. The van der Waals surface area contributed by atoms with Crippen molar-refractivity contribution in [1.82, 2.24) is 9.55 Å². The summed E-state index contributed by atoms with van der Waals surface area (Å²) in [7, 11) is 0. The van der Waals surface area contributed by atoms with Gasteiger partial charge in [0.15, 0.2) is 10.6 Å². The Labute approximate surface area is 178 Å². The SMILES string of the molecule is Cc1ccc(-c2csc(=Nc3ccc(F)cc3F)n2CCc2ccccn2)cc1C. The monoisotopic (exact) mass is 421 g/mol. The van der Waals surface area contributed by atoms with Gasteiger partial charge in [-0.15, -0.1) is 11.3 Å². The lowest BCUT2D eigenvalue weighted by Gasteiger charge is -2.11. The fraction of sp³-hybridized carbons (Fsp3) is 0.167. The summed E-state index contributed by atoms with van der Waals surface area (Å²) in [5.74, 6) is -1.29. The third-order valence-corrected chi connectivity index (χ3v) is 5.91. The lowest BCUT2D eigenvalue weighted by Crippen LogP contribution is -2.17. The smallest absolute Gasteiger partial charge is 0.190 e. The second-order valence-electron chi connectivity index (χ2n) is 7.13. The van der Waals surface area contributed by atoms with E-state index in [1.165, 1.54) is 34.6 Å². The number of halogens is 2. The molecule has 4 aromatic rings. The molecule has 4 rings (SSSR count). The van der Waals surface area contributed by atoms with Gasteiger partial charge >= 0.3 is 0 Å². The summed E-state index contributed by atoms with van der Waals surface area (Å²) in [5, 5.41) is 2.03. The van der Waals surface area contributed by atoms with Crippen molar-refractivity contribution in [1.29, 1.82) is 0 Å². The predicted octanol–water partition coefficient (Wildman–Crippen LogP) is 5.98. The van der Waals surface area contributed by atoms with E-state index >= 15 is 0 Å². The quantitative estimate of drug-likeness (QED) is 0.390. The third-order valence-electron chi connectivity index (χ3n) is 5.04. The molecule has 0 N–H and O–H groups in total. The standard InChI is InChI=1S/C24H21F2N3S/c1-16-6-7-18(13-17(16)2)23-15-30-24(28-22-9-8-19(25)14-21(22)26)29(23)12-10-20-5-3-4-11-27-20/h3-9,11,13-15H,10,12H2,1-2H3. The highest BCUT2D eigenvalue weighted by molar-refractivity contribution is 7.07. The van der Waals surface area contributed by atoms with Gasteiger partial charge in [-0.25, -0.2) is 13.8 Å². The molecule has 0 aliphatic carbocycles. The number of hydrogen-bond acceptors (Lipinski definition) is 3. The normalized spacial score (nSPS) is 11.8. The van der Waals surface area contributed by atoms with Crippen LogP contribution in [0.5, 0.6) is 0 Å². The molecule has 2 aromatic heterocycles. The molecule has 0 aliphatic rings. The highest BCUT2D eigenvalue weighted by Crippen LogP contribution is 2.24. The first-order chi connectivity index (χ1) is 14.5. The van der Waals surface area contributed by atoms with Gasteiger partial charge in [0, 0.05) is 36.3 Å². The number of pyridine rings is 1. The predicted molar refractivity (Wildman–Crippen MR) is 117 cm³/mol. The van der Waals surface area contributed by atoms with Crippen LogP contribution in [0.3, 0.4) is 0 Å². The highest BCUT2D eigenvalue weighted by atomic mass is 32.1. The van der Waals surface area contributed by atoms with Gasteiger partial charge in [0.05, 0.1) is 5.69 Å². The molecule has 152 valence electrons. The molecule has 2 aromatic carbocycles. The average molecular weight is 422 g/mol. The summed E-state index contributed by atoms with van der Waals surface area (Å²) in [6.45, 7) is 4.81. The van der Waals surface area contributed by atoms with Crippen LogP contribution in [0.25, 0.3) is 11.3 Å². The molecule has 0 radical (unpaired) electrons. The van der Waals surface area contributed by atoms with Crippen LogP contribution in [0.1, 0.15) is 16.8 Å². The van der Waals surface area contributed by atoms with E-state index in [9.17, 15) is 8.78 Å². The van der Waals surface area contributed by atoms with Crippen LogP contribution < -0.4 is 4.80 Å². The molecule has 0 saturated carbocycles. The molecule has 0 spiro atoms. The van der Waals surface area contributed by atoms with Crippen LogP contribution >= 0.6 is 11.3 Å². The summed E-state index contributed by atoms with van der Waals surface area (Å²) in [6.07, 6.45) is 2.49. The molecular weight excluding hydrogens is 400 g/mol. The van der Waals surface area contributed by atoms with Gasteiger partial charge < -0.3 is 4.57 Å². The van der Waals surface area contributed by atoms with Gasteiger partial charge in [0.25, 0.3) is 0 Å². The second kappa shape index (κ2) is 8.71. The summed E-state index contributed by atoms with van der Waals surface area (Å²) in [6, 6.07) is 15.6. The number of nitrogens with zero attached hydrogens (tertiary/aromatic N) is 3. The van der Waals surface area contributed by atoms with Crippen molar-refractivity contribution in [2.75, 3.05) is 0 Å². The number of aromatic nitrogens is 2. The first-order valence-corrected chi connectivity index (χ1v) is 10.5. The fourth-order valence-corrected chi connectivity index (χ4v) is 4.16. The van der Waals surface area contributed by atoms with Crippen LogP contribution in [-0.4, -0.2) is 9.55 Å². The molecule has 0 aliphatic heterocycles. The van der Waals surface area contributed by atoms with E-state index in [-0.39, 0.29) is 5.69 Å². The number of aryl methyl sites for hydroxylation is 3. The van der Waals surface area contributed by atoms with Crippen molar-refractivity contribution in [3.8, 4) is 11.3 Å². The van der Waals surface area contributed by atoms with Crippen LogP contribution in [-0.2, 0) is 13.0 Å². The highest BCUT2D eigenvalue weighted by Gasteiger charge is 2.11. The van der Waals surface area contributed by atoms with Crippen molar-refractivity contribution >= 4 is 17.0 Å². The maximum atomic E-state index is 14.2. The van der Waals surface area contributed by atoms with Gasteiger partial charge in [0.1, 0.15) is 11.5 Å². The third kappa shape index (κ3) is 4.39. The molecule has 2 heterocycles.